The lowest BCUT2D eigenvalue weighted by Crippen LogP contribution is -2.41. The molecule has 1 saturated heterocycles. The van der Waals surface area contributed by atoms with Gasteiger partial charge in [-0.15, -0.1) is 0 Å². The van der Waals surface area contributed by atoms with Gasteiger partial charge >= 0.3 is 7.12 Å². The molecule has 0 spiro atoms. The van der Waals surface area contributed by atoms with E-state index < -0.39 is 30.0 Å². The number of halogens is 1. The Bertz CT molecular complexity index is 570. The molecule has 112 valence electrons. The molecule has 0 unspecified atom stereocenters. The predicted octanol–water partition coefficient (Wildman–Crippen LogP) is 2.25. The second-order valence-corrected chi connectivity index (χ2v) is 6.05. The summed E-state index contributed by atoms with van der Waals surface area (Å²) in [5.41, 5.74) is -0.152. The smallest absolute Gasteiger partial charge is 0.399 e. The fourth-order valence-corrected chi connectivity index (χ4v) is 1.99. The molecule has 4 nitrogen and oxygen atoms in total. The minimum absolute atomic E-state index is 0.338. The molecular formula is C15H19BFNO3. The number of carbonyl (C=O) groups is 1. The number of nitrogens with one attached hydrogen (secondary N) is 1. The number of hydrogen-bond acceptors (Lipinski definition) is 3. The fourth-order valence-electron chi connectivity index (χ4n) is 1.99. The third-order valence-electron chi connectivity index (χ3n) is 3.90. The van der Waals surface area contributed by atoms with Crippen molar-refractivity contribution in [3.05, 3.63) is 36.7 Å². The van der Waals surface area contributed by atoms with E-state index in [2.05, 4.69) is 11.9 Å². The number of anilines is 1. The Labute approximate surface area is 124 Å². The minimum Gasteiger partial charge on any atom is -0.399 e. The zero-order valence-electron chi connectivity index (χ0n) is 12.7. The summed E-state index contributed by atoms with van der Waals surface area (Å²) in [5.74, 6) is -0.873. The Hall–Kier alpha value is -1.66. The molecule has 1 aliphatic heterocycles. The second kappa shape index (κ2) is 5.28. The van der Waals surface area contributed by atoms with E-state index >= 15 is 0 Å². The van der Waals surface area contributed by atoms with E-state index in [-0.39, 0.29) is 0 Å². The van der Waals surface area contributed by atoms with Crippen molar-refractivity contribution >= 4 is 24.2 Å². The Morgan fingerprint density at radius 3 is 2.33 bits per heavy atom. The maximum atomic E-state index is 13.7. The summed E-state index contributed by atoms with van der Waals surface area (Å²) < 4.78 is 25.5. The van der Waals surface area contributed by atoms with E-state index in [0.29, 0.717) is 11.2 Å². The standard InChI is InChI=1S/C15H19BFNO3/c1-6-13(19)18-12-8-10(7-11(17)9-12)16-20-14(2,3)15(4,5)21-16/h6-9H,1H2,2-5H3,(H,18,19). The lowest BCUT2D eigenvalue weighted by molar-refractivity contribution is -0.111. The number of rotatable bonds is 3. The zero-order chi connectivity index (χ0) is 15.8. The highest BCUT2D eigenvalue weighted by Gasteiger charge is 2.51. The molecule has 1 N–H and O–H groups in total. The van der Waals surface area contributed by atoms with Crippen LogP contribution in [0.4, 0.5) is 10.1 Å². The average Bonchev–Trinajstić information content (AvgIpc) is 2.57. The summed E-state index contributed by atoms with van der Waals surface area (Å²) in [6, 6.07) is 4.20. The van der Waals surface area contributed by atoms with E-state index in [0.717, 1.165) is 6.08 Å². The number of benzene rings is 1. The minimum atomic E-state index is -0.676. The zero-order valence-corrected chi connectivity index (χ0v) is 12.7. The topological polar surface area (TPSA) is 47.6 Å². The number of hydrogen-bond donors (Lipinski definition) is 1. The quantitative estimate of drug-likeness (QED) is 0.686. The first kappa shape index (κ1) is 15.7. The first-order valence-electron chi connectivity index (χ1n) is 6.74. The molecule has 1 aromatic rings. The predicted molar refractivity (Wildman–Crippen MR) is 80.9 cm³/mol. The van der Waals surface area contributed by atoms with Crippen molar-refractivity contribution in [2.75, 3.05) is 5.32 Å². The average molecular weight is 291 g/mol. The Morgan fingerprint density at radius 2 is 1.81 bits per heavy atom. The molecule has 0 atom stereocenters. The molecule has 0 aliphatic carbocycles. The molecule has 0 bridgehead atoms. The molecule has 1 heterocycles. The summed E-state index contributed by atoms with van der Waals surface area (Å²) in [4.78, 5) is 11.3. The first-order valence-corrected chi connectivity index (χ1v) is 6.74. The molecular weight excluding hydrogens is 272 g/mol. The van der Waals surface area contributed by atoms with Crippen molar-refractivity contribution < 1.29 is 18.5 Å². The lowest BCUT2D eigenvalue weighted by atomic mass is 9.79. The van der Waals surface area contributed by atoms with Crippen LogP contribution in [0.5, 0.6) is 0 Å². The molecule has 0 saturated carbocycles. The molecule has 0 radical (unpaired) electrons. The highest BCUT2D eigenvalue weighted by Crippen LogP contribution is 2.36. The van der Waals surface area contributed by atoms with Gasteiger partial charge in [-0.05, 0) is 57.4 Å². The second-order valence-electron chi connectivity index (χ2n) is 6.05. The van der Waals surface area contributed by atoms with Crippen LogP contribution in [0.15, 0.2) is 30.9 Å². The van der Waals surface area contributed by atoms with Crippen molar-refractivity contribution in [1.29, 1.82) is 0 Å². The van der Waals surface area contributed by atoms with E-state index in [4.69, 9.17) is 9.31 Å². The Balaban J connectivity index is 2.29. The van der Waals surface area contributed by atoms with Gasteiger partial charge in [0, 0.05) is 5.69 Å². The highest BCUT2D eigenvalue weighted by atomic mass is 19.1. The van der Waals surface area contributed by atoms with Crippen LogP contribution in [0.25, 0.3) is 0 Å². The van der Waals surface area contributed by atoms with Gasteiger partial charge in [0.25, 0.3) is 0 Å². The van der Waals surface area contributed by atoms with Crippen LogP contribution in [0.3, 0.4) is 0 Å². The summed E-state index contributed by atoms with van der Waals surface area (Å²) in [7, 11) is -0.676. The molecule has 21 heavy (non-hydrogen) atoms. The van der Waals surface area contributed by atoms with Crippen LogP contribution in [-0.2, 0) is 14.1 Å². The maximum absolute atomic E-state index is 13.7. The third-order valence-corrected chi connectivity index (χ3v) is 3.90. The van der Waals surface area contributed by atoms with Crippen LogP contribution >= 0.6 is 0 Å². The van der Waals surface area contributed by atoms with Crippen molar-refractivity contribution in [1.82, 2.24) is 0 Å². The molecule has 2 rings (SSSR count). The van der Waals surface area contributed by atoms with Gasteiger partial charge in [0.1, 0.15) is 5.82 Å². The fraction of sp³-hybridized carbons (Fsp3) is 0.400. The molecule has 1 aliphatic rings. The van der Waals surface area contributed by atoms with Gasteiger partial charge in [-0.3, -0.25) is 4.79 Å². The molecule has 1 fully saturated rings. The summed E-state index contributed by atoms with van der Waals surface area (Å²) in [6.45, 7) is 11.1. The first-order chi connectivity index (χ1) is 9.64. The Kier molecular flexibility index (Phi) is 3.95. The normalized spacial score (nSPS) is 19.4. The molecule has 1 aromatic carbocycles. The van der Waals surface area contributed by atoms with Crippen LogP contribution in [-0.4, -0.2) is 24.2 Å². The van der Waals surface area contributed by atoms with Crippen molar-refractivity contribution in [2.45, 2.75) is 38.9 Å². The van der Waals surface area contributed by atoms with Crippen molar-refractivity contribution in [3.63, 3.8) is 0 Å². The van der Waals surface area contributed by atoms with E-state index in [1.54, 1.807) is 6.07 Å². The van der Waals surface area contributed by atoms with E-state index in [1.165, 1.54) is 12.1 Å². The lowest BCUT2D eigenvalue weighted by Gasteiger charge is -2.32. The largest absolute Gasteiger partial charge is 0.495 e. The van der Waals surface area contributed by atoms with Gasteiger partial charge in [-0.25, -0.2) is 4.39 Å². The Morgan fingerprint density at radius 1 is 1.24 bits per heavy atom. The number of amides is 1. The van der Waals surface area contributed by atoms with E-state index in [9.17, 15) is 9.18 Å². The van der Waals surface area contributed by atoms with Crippen LogP contribution in [0.2, 0.25) is 0 Å². The molecule has 0 aromatic heterocycles. The van der Waals surface area contributed by atoms with Gasteiger partial charge in [0.05, 0.1) is 11.2 Å². The SMILES string of the molecule is C=CC(=O)Nc1cc(F)cc(B2OC(C)(C)C(C)(C)O2)c1. The van der Waals surface area contributed by atoms with E-state index in [1.807, 2.05) is 27.7 Å². The third kappa shape index (κ3) is 3.17. The van der Waals surface area contributed by atoms with Crippen LogP contribution in [0, 0.1) is 5.82 Å². The van der Waals surface area contributed by atoms with Crippen molar-refractivity contribution in [3.8, 4) is 0 Å². The summed E-state index contributed by atoms with van der Waals surface area (Å²) in [5, 5.41) is 2.53. The summed E-state index contributed by atoms with van der Waals surface area (Å²) in [6.07, 6.45) is 1.12. The van der Waals surface area contributed by atoms with Gasteiger partial charge < -0.3 is 14.6 Å². The summed E-state index contributed by atoms with van der Waals surface area (Å²) >= 11 is 0. The maximum Gasteiger partial charge on any atom is 0.495 e. The van der Waals surface area contributed by atoms with Crippen molar-refractivity contribution in [2.24, 2.45) is 0 Å². The van der Waals surface area contributed by atoms with Gasteiger partial charge in [-0.1, -0.05) is 6.58 Å². The highest BCUT2D eigenvalue weighted by molar-refractivity contribution is 6.62. The molecule has 1 amide bonds. The van der Waals surface area contributed by atoms with Gasteiger partial charge in [0.2, 0.25) is 5.91 Å². The van der Waals surface area contributed by atoms with Gasteiger partial charge in [0.15, 0.2) is 0 Å². The van der Waals surface area contributed by atoms with Gasteiger partial charge in [-0.2, -0.15) is 0 Å². The molecule has 6 heteroatoms. The van der Waals surface area contributed by atoms with Crippen LogP contribution < -0.4 is 10.8 Å². The number of carbonyl (C=O) groups excluding carboxylic acids is 1. The monoisotopic (exact) mass is 291 g/mol. The van der Waals surface area contributed by atoms with Crippen LogP contribution in [0.1, 0.15) is 27.7 Å².